The summed E-state index contributed by atoms with van der Waals surface area (Å²) in [4.78, 5) is 4.65. The highest BCUT2D eigenvalue weighted by atomic mass is 35.5. The highest BCUT2D eigenvalue weighted by Crippen LogP contribution is 2.26. The summed E-state index contributed by atoms with van der Waals surface area (Å²) in [5.41, 5.74) is 2.46. The third-order valence-electron chi connectivity index (χ3n) is 5.66. The third-order valence-corrected chi connectivity index (χ3v) is 5.66. The zero-order chi connectivity index (χ0) is 18.7. The zero-order valence-corrected chi connectivity index (χ0v) is 18.1. The van der Waals surface area contributed by atoms with Crippen LogP contribution in [0.3, 0.4) is 0 Å². The van der Waals surface area contributed by atoms with Crippen LogP contribution in [0.5, 0.6) is 0 Å². The molecular weight excluding hydrogens is 370 g/mol. The normalized spacial score (nSPS) is 14.8. The van der Waals surface area contributed by atoms with Crippen LogP contribution in [-0.4, -0.2) is 23.2 Å². The molecule has 5 heteroatoms. The van der Waals surface area contributed by atoms with Crippen LogP contribution >= 0.6 is 12.4 Å². The van der Waals surface area contributed by atoms with E-state index in [1.807, 2.05) is 0 Å². The fraction of sp³-hybridized carbons (Fsp3) is 0.652. The Bertz CT molecular complexity index is 650. The summed E-state index contributed by atoms with van der Waals surface area (Å²) >= 11 is 0. The smallest absolute Gasteiger partial charge is 0.230 e. The molecule has 0 bridgehead atoms. The molecule has 1 aliphatic heterocycles. The van der Waals surface area contributed by atoms with Gasteiger partial charge in [-0.1, -0.05) is 81.3 Å². The van der Waals surface area contributed by atoms with Gasteiger partial charge in [0, 0.05) is 11.5 Å². The number of halogens is 1. The van der Waals surface area contributed by atoms with E-state index in [4.69, 9.17) is 4.52 Å². The molecule has 4 nitrogen and oxygen atoms in total. The number of piperidine rings is 1. The van der Waals surface area contributed by atoms with Crippen molar-refractivity contribution in [2.75, 3.05) is 13.1 Å². The number of rotatable bonds is 11. The molecule has 1 N–H and O–H groups in total. The molecule has 0 amide bonds. The molecule has 3 rings (SSSR count). The van der Waals surface area contributed by atoms with Crippen molar-refractivity contribution in [1.29, 1.82) is 0 Å². The second-order valence-corrected chi connectivity index (χ2v) is 7.90. The molecular formula is C23H36ClN3O. The number of unbranched alkanes of at least 4 members (excludes halogenated alkanes) is 7. The van der Waals surface area contributed by atoms with Crippen LogP contribution in [0, 0.1) is 0 Å². The van der Waals surface area contributed by atoms with E-state index in [1.54, 1.807) is 0 Å². The molecule has 2 aromatic rings. The molecule has 1 aliphatic rings. The Balaban J connectivity index is 0.00000280. The van der Waals surface area contributed by atoms with Gasteiger partial charge in [0.15, 0.2) is 0 Å². The molecule has 0 atom stereocenters. The van der Waals surface area contributed by atoms with Gasteiger partial charge in [0.05, 0.1) is 0 Å². The van der Waals surface area contributed by atoms with Crippen molar-refractivity contribution >= 4 is 12.4 Å². The number of hydrogen-bond donors (Lipinski definition) is 1. The van der Waals surface area contributed by atoms with Gasteiger partial charge in [-0.05, 0) is 44.3 Å². The summed E-state index contributed by atoms with van der Waals surface area (Å²) < 4.78 is 5.53. The average Bonchev–Trinajstić information content (AvgIpc) is 3.21. The number of aromatic nitrogens is 2. The van der Waals surface area contributed by atoms with Crippen molar-refractivity contribution in [3.8, 4) is 11.4 Å². The van der Waals surface area contributed by atoms with Gasteiger partial charge >= 0.3 is 0 Å². The molecule has 1 aromatic carbocycles. The minimum atomic E-state index is 0. The lowest BCUT2D eigenvalue weighted by molar-refractivity contribution is 0.320. The Morgan fingerprint density at radius 3 is 2.25 bits per heavy atom. The van der Waals surface area contributed by atoms with E-state index < -0.39 is 0 Å². The molecule has 2 heterocycles. The number of aryl methyl sites for hydroxylation is 1. The first kappa shape index (κ1) is 22.9. The minimum absolute atomic E-state index is 0. The first-order valence-corrected chi connectivity index (χ1v) is 11.0. The molecule has 0 spiro atoms. The van der Waals surface area contributed by atoms with E-state index in [0.717, 1.165) is 43.2 Å². The van der Waals surface area contributed by atoms with E-state index >= 15 is 0 Å². The van der Waals surface area contributed by atoms with Crippen molar-refractivity contribution in [2.45, 2.75) is 83.5 Å². The number of nitrogens with one attached hydrogen (secondary N) is 1. The standard InChI is InChI=1S/C23H35N3O.ClH/c1-2-3-4-5-6-7-8-9-10-19-11-13-20(14-12-19)22-25-23(27-26-22)21-15-17-24-18-16-21;/h11-14,21,24H,2-10,15-18H2,1H3;1H. The van der Waals surface area contributed by atoms with E-state index in [1.165, 1.54) is 63.4 Å². The molecule has 1 fully saturated rings. The van der Waals surface area contributed by atoms with Gasteiger partial charge in [-0.3, -0.25) is 0 Å². The first-order valence-electron chi connectivity index (χ1n) is 11.0. The van der Waals surface area contributed by atoms with Crippen LogP contribution < -0.4 is 5.32 Å². The second-order valence-electron chi connectivity index (χ2n) is 7.90. The maximum Gasteiger partial charge on any atom is 0.230 e. The summed E-state index contributed by atoms with van der Waals surface area (Å²) in [6, 6.07) is 8.71. The van der Waals surface area contributed by atoms with E-state index in [9.17, 15) is 0 Å². The summed E-state index contributed by atoms with van der Waals surface area (Å²) in [5.74, 6) is 1.94. The van der Waals surface area contributed by atoms with E-state index in [0.29, 0.717) is 5.92 Å². The van der Waals surface area contributed by atoms with Crippen LogP contribution in [0.4, 0.5) is 0 Å². The van der Waals surface area contributed by atoms with Gasteiger partial charge in [0.25, 0.3) is 0 Å². The van der Waals surface area contributed by atoms with Gasteiger partial charge in [-0.2, -0.15) is 4.98 Å². The summed E-state index contributed by atoms with van der Waals surface area (Å²) in [5, 5.41) is 7.58. The van der Waals surface area contributed by atoms with E-state index in [-0.39, 0.29) is 12.4 Å². The van der Waals surface area contributed by atoms with Gasteiger partial charge in [0.1, 0.15) is 0 Å². The molecule has 1 aromatic heterocycles. The molecule has 0 aliphatic carbocycles. The Morgan fingerprint density at radius 2 is 1.57 bits per heavy atom. The fourth-order valence-corrected chi connectivity index (χ4v) is 3.87. The van der Waals surface area contributed by atoms with Crippen molar-refractivity contribution in [1.82, 2.24) is 15.5 Å². The summed E-state index contributed by atoms with van der Waals surface area (Å²) in [7, 11) is 0. The molecule has 156 valence electrons. The van der Waals surface area contributed by atoms with Crippen molar-refractivity contribution in [3.63, 3.8) is 0 Å². The zero-order valence-electron chi connectivity index (χ0n) is 17.3. The number of hydrogen-bond acceptors (Lipinski definition) is 4. The number of nitrogens with zero attached hydrogens (tertiary/aromatic N) is 2. The Labute approximate surface area is 176 Å². The lowest BCUT2D eigenvalue weighted by Crippen LogP contribution is -2.26. The predicted octanol–water partition coefficient (Wildman–Crippen LogP) is 6.31. The molecule has 28 heavy (non-hydrogen) atoms. The third kappa shape index (κ3) is 7.21. The van der Waals surface area contributed by atoms with Crippen LogP contribution in [0.1, 0.15) is 88.5 Å². The van der Waals surface area contributed by atoms with Crippen LogP contribution in [-0.2, 0) is 6.42 Å². The maximum absolute atomic E-state index is 5.53. The van der Waals surface area contributed by atoms with Crippen LogP contribution in [0.2, 0.25) is 0 Å². The lowest BCUT2D eigenvalue weighted by atomic mass is 9.98. The molecule has 0 unspecified atom stereocenters. The molecule has 0 saturated carbocycles. The Hall–Kier alpha value is -1.39. The average molecular weight is 406 g/mol. The largest absolute Gasteiger partial charge is 0.339 e. The van der Waals surface area contributed by atoms with Crippen LogP contribution in [0.25, 0.3) is 11.4 Å². The minimum Gasteiger partial charge on any atom is -0.339 e. The topological polar surface area (TPSA) is 51.0 Å². The number of benzene rings is 1. The van der Waals surface area contributed by atoms with Crippen LogP contribution in [0.15, 0.2) is 28.8 Å². The van der Waals surface area contributed by atoms with Gasteiger partial charge in [-0.15, -0.1) is 12.4 Å². The summed E-state index contributed by atoms with van der Waals surface area (Å²) in [6.45, 7) is 4.35. The predicted molar refractivity (Wildman–Crippen MR) is 118 cm³/mol. The Kier molecular flexibility index (Phi) is 10.6. The van der Waals surface area contributed by atoms with Gasteiger partial charge < -0.3 is 9.84 Å². The summed E-state index contributed by atoms with van der Waals surface area (Å²) in [6.07, 6.45) is 14.3. The van der Waals surface area contributed by atoms with Crippen molar-refractivity contribution < 1.29 is 4.52 Å². The SMILES string of the molecule is CCCCCCCCCCc1ccc(-c2noc(C3CCNCC3)n2)cc1.Cl. The molecule has 0 radical (unpaired) electrons. The Morgan fingerprint density at radius 1 is 0.929 bits per heavy atom. The highest BCUT2D eigenvalue weighted by Gasteiger charge is 2.21. The lowest BCUT2D eigenvalue weighted by Gasteiger charge is -2.18. The van der Waals surface area contributed by atoms with Crippen molar-refractivity contribution in [2.24, 2.45) is 0 Å². The first-order chi connectivity index (χ1) is 13.4. The van der Waals surface area contributed by atoms with Gasteiger partial charge in [-0.25, -0.2) is 0 Å². The second kappa shape index (κ2) is 12.9. The van der Waals surface area contributed by atoms with E-state index in [2.05, 4.69) is 46.6 Å². The quantitative estimate of drug-likeness (QED) is 0.445. The highest BCUT2D eigenvalue weighted by molar-refractivity contribution is 5.85. The maximum atomic E-state index is 5.53. The molecule has 1 saturated heterocycles. The fourth-order valence-electron chi connectivity index (χ4n) is 3.87. The monoisotopic (exact) mass is 405 g/mol. The van der Waals surface area contributed by atoms with Crippen molar-refractivity contribution in [3.05, 3.63) is 35.7 Å². The van der Waals surface area contributed by atoms with Gasteiger partial charge in [0.2, 0.25) is 11.7 Å².